The molecule has 2 aromatic rings. The fourth-order valence-electron chi connectivity index (χ4n) is 3.57. The zero-order chi connectivity index (χ0) is 20.2. The highest BCUT2D eigenvalue weighted by Gasteiger charge is 2.28. The second-order valence-electron chi connectivity index (χ2n) is 7.17. The van der Waals surface area contributed by atoms with Crippen molar-refractivity contribution in [3.63, 3.8) is 0 Å². The van der Waals surface area contributed by atoms with Gasteiger partial charge in [0.2, 0.25) is 17.7 Å². The van der Waals surface area contributed by atoms with E-state index in [1.165, 1.54) is 17.0 Å². The van der Waals surface area contributed by atoms with Crippen LogP contribution in [0.4, 0.5) is 10.8 Å². The normalized spacial score (nSPS) is 19.2. The topological polar surface area (TPSA) is 94.6 Å². The Hall–Kier alpha value is -2.94. The Morgan fingerprint density at radius 1 is 1.17 bits per heavy atom. The van der Waals surface area contributed by atoms with Crippen molar-refractivity contribution < 1.29 is 14.4 Å². The number of hydrogen-bond acceptors (Lipinski definition) is 6. The number of piperazine rings is 1. The van der Waals surface area contributed by atoms with Crippen LogP contribution in [-0.2, 0) is 20.8 Å². The predicted octanol–water partition coefficient (Wildman–Crippen LogP) is 1.25. The van der Waals surface area contributed by atoms with Crippen LogP contribution in [-0.4, -0.2) is 59.8 Å². The minimum absolute atomic E-state index is 0.0453. The highest BCUT2D eigenvalue weighted by atomic mass is 32.1. The van der Waals surface area contributed by atoms with Gasteiger partial charge in [-0.25, -0.2) is 4.98 Å². The average molecular weight is 414 g/mol. The smallest absolute Gasteiger partial charge is 0.248 e. The Kier molecular flexibility index (Phi) is 5.75. The van der Waals surface area contributed by atoms with Gasteiger partial charge in [0.25, 0.3) is 0 Å². The Morgan fingerprint density at radius 3 is 2.62 bits per heavy atom. The van der Waals surface area contributed by atoms with Gasteiger partial charge in [0.15, 0.2) is 5.13 Å². The first-order valence-corrected chi connectivity index (χ1v) is 10.6. The molecule has 0 aliphatic carbocycles. The molecule has 1 aromatic heterocycles. The number of carbonyl (C=O) groups excluding carboxylic acids is 3. The number of aromatic nitrogens is 1. The van der Waals surface area contributed by atoms with Crippen molar-refractivity contribution in [1.29, 1.82) is 0 Å². The van der Waals surface area contributed by atoms with E-state index < -0.39 is 6.04 Å². The van der Waals surface area contributed by atoms with E-state index in [0.29, 0.717) is 36.8 Å². The lowest BCUT2D eigenvalue weighted by Gasteiger charge is -2.36. The Bertz CT molecular complexity index is 893. The van der Waals surface area contributed by atoms with E-state index in [2.05, 4.69) is 32.7 Å². The van der Waals surface area contributed by atoms with Crippen molar-refractivity contribution in [2.45, 2.75) is 25.3 Å². The van der Waals surface area contributed by atoms with Crippen LogP contribution < -0.4 is 15.5 Å². The first-order valence-electron chi connectivity index (χ1n) is 9.71. The van der Waals surface area contributed by atoms with Crippen LogP contribution >= 0.6 is 11.3 Å². The Balaban J connectivity index is 1.26. The van der Waals surface area contributed by atoms with E-state index in [1.54, 1.807) is 5.38 Å². The van der Waals surface area contributed by atoms with Gasteiger partial charge in [0.1, 0.15) is 6.04 Å². The molecule has 0 bridgehead atoms. The largest absolute Gasteiger partial charge is 0.368 e. The van der Waals surface area contributed by atoms with Gasteiger partial charge in [0.05, 0.1) is 12.1 Å². The molecule has 2 aliphatic heterocycles. The van der Waals surface area contributed by atoms with Crippen molar-refractivity contribution in [2.75, 3.05) is 36.4 Å². The minimum Gasteiger partial charge on any atom is -0.368 e. The first kappa shape index (κ1) is 19.4. The molecule has 2 saturated heterocycles. The molecule has 0 unspecified atom stereocenters. The van der Waals surface area contributed by atoms with Crippen molar-refractivity contribution in [1.82, 2.24) is 15.2 Å². The number of nitrogens with one attached hydrogen (secondary N) is 2. The summed E-state index contributed by atoms with van der Waals surface area (Å²) in [7, 11) is 0. The molecular weight excluding hydrogens is 390 g/mol. The van der Waals surface area contributed by atoms with Gasteiger partial charge in [-0.1, -0.05) is 18.2 Å². The number of hydrogen-bond donors (Lipinski definition) is 2. The average Bonchev–Trinajstić information content (AvgIpc) is 3.37. The molecule has 29 heavy (non-hydrogen) atoms. The van der Waals surface area contributed by atoms with Crippen molar-refractivity contribution >= 4 is 39.9 Å². The van der Waals surface area contributed by atoms with Crippen LogP contribution in [0.5, 0.6) is 0 Å². The monoisotopic (exact) mass is 413 g/mol. The molecule has 2 fully saturated rings. The Morgan fingerprint density at radius 2 is 1.93 bits per heavy atom. The predicted molar refractivity (Wildman–Crippen MR) is 111 cm³/mol. The molecule has 0 spiro atoms. The SMILES string of the molecule is O=C1CC[C@H](C(=O)Nc2nc(CC(=O)N3CCN(c4ccccc4)CC3)cs2)N1. The van der Waals surface area contributed by atoms with Crippen LogP contribution in [0.1, 0.15) is 18.5 Å². The fourth-order valence-corrected chi connectivity index (χ4v) is 4.28. The molecule has 4 rings (SSSR count). The van der Waals surface area contributed by atoms with Crippen LogP contribution in [0.25, 0.3) is 0 Å². The van der Waals surface area contributed by atoms with Crippen LogP contribution in [0, 0.1) is 0 Å². The number of nitrogens with zero attached hydrogens (tertiary/aromatic N) is 3. The zero-order valence-corrected chi connectivity index (χ0v) is 16.8. The molecule has 2 aliphatic rings. The molecule has 3 heterocycles. The van der Waals surface area contributed by atoms with Crippen LogP contribution in [0.2, 0.25) is 0 Å². The van der Waals surface area contributed by atoms with Crippen molar-refractivity contribution in [3.8, 4) is 0 Å². The van der Waals surface area contributed by atoms with Crippen molar-refractivity contribution in [2.24, 2.45) is 0 Å². The summed E-state index contributed by atoms with van der Waals surface area (Å²) in [4.78, 5) is 44.5. The Labute approximate surface area is 172 Å². The van der Waals surface area contributed by atoms with Gasteiger partial charge in [0, 0.05) is 43.7 Å². The number of para-hydroxylation sites is 1. The second kappa shape index (κ2) is 8.60. The standard InChI is InChI=1S/C20H23N5O3S/c26-17-7-6-16(22-17)19(28)23-20-21-14(13-29-20)12-18(27)25-10-8-24(9-11-25)15-4-2-1-3-5-15/h1-5,13,16H,6-12H2,(H,22,26)(H,21,23,28)/t16-/m1/s1. The van der Waals surface area contributed by atoms with Gasteiger partial charge < -0.3 is 20.4 Å². The van der Waals surface area contributed by atoms with Gasteiger partial charge in [-0.05, 0) is 18.6 Å². The molecular formula is C20H23N5O3S. The van der Waals surface area contributed by atoms with E-state index in [4.69, 9.17) is 0 Å². The molecule has 0 radical (unpaired) electrons. The maximum absolute atomic E-state index is 12.6. The molecule has 152 valence electrons. The van der Waals surface area contributed by atoms with Gasteiger partial charge in [-0.15, -0.1) is 11.3 Å². The summed E-state index contributed by atoms with van der Waals surface area (Å²) in [5.41, 5.74) is 1.83. The number of amides is 3. The molecule has 1 aromatic carbocycles. The third-order valence-corrected chi connectivity index (χ3v) is 5.99. The summed E-state index contributed by atoms with van der Waals surface area (Å²) >= 11 is 1.29. The molecule has 3 amide bonds. The molecule has 2 N–H and O–H groups in total. The summed E-state index contributed by atoms with van der Waals surface area (Å²) in [6, 6.07) is 9.70. The highest BCUT2D eigenvalue weighted by Crippen LogP contribution is 2.19. The second-order valence-corrected chi connectivity index (χ2v) is 8.03. The summed E-state index contributed by atoms with van der Waals surface area (Å²) < 4.78 is 0. The lowest BCUT2D eigenvalue weighted by atomic mass is 10.2. The maximum Gasteiger partial charge on any atom is 0.248 e. The summed E-state index contributed by atoms with van der Waals surface area (Å²) in [5.74, 6) is -0.327. The first-order chi connectivity index (χ1) is 14.1. The van der Waals surface area contributed by atoms with E-state index in [1.807, 2.05) is 23.1 Å². The molecule has 9 heteroatoms. The fraction of sp³-hybridized carbons (Fsp3) is 0.400. The molecule has 1 atom stereocenters. The summed E-state index contributed by atoms with van der Waals surface area (Å²) in [5, 5.41) is 7.60. The maximum atomic E-state index is 12.6. The van der Waals surface area contributed by atoms with E-state index in [9.17, 15) is 14.4 Å². The zero-order valence-electron chi connectivity index (χ0n) is 16.0. The van der Waals surface area contributed by atoms with E-state index in [-0.39, 0.29) is 24.1 Å². The van der Waals surface area contributed by atoms with Crippen molar-refractivity contribution in [3.05, 3.63) is 41.4 Å². The van der Waals surface area contributed by atoms with Crippen LogP contribution in [0.15, 0.2) is 35.7 Å². The number of thiazole rings is 1. The highest BCUT2D eigenvalue weighted by molar-refractivity contribution is 7.13. The third kappa shape index (κ3) is 4.73. The van der Waals surface area contributed by atoms with Gasteiger partial charge in [-0.2, -0.15) is 0 Å². The lowest BCUT2D eigenvalue weighted by molar-refractivity contribution is -0.130. The van der Waals surface area contributed by atoms with E-state index in [0.717, 1.165) is 13.1 Å². The lowest BCUT2D eigenvalue weighted by Crippen LogP contribution is -2.49. The number of rotatable bonds is 5. The molecule has 8 nitrogen and oxygen atoms in total. The van der Waals surface area contributed by atoms with Gasteiger partial charge >= 0.3 is 0 Å². The number of anilines is 2. The van der Waals surface area contributed by atoms with Gasteiger partial charge in [-0.3, -0.25) is 14.4 Å². The summed E-state index contributed by atoms with van der Waals surface area (Å²) in [6.07, 6.45) is 1.08. The minimum atomic E-state index is -0.502. The molecule has 0 saturated carbocycles. The summed E-state index contributed by atoms with van der Waals surface area (Å²) in [6.45, 7) is 2.98. The third-order valence-electron chi connectivity index (χ3n) is 5.18. The quantitative estimate of drug-likeness (QED) is 0.769. The number of carbonyl (C=O) groups is 3. The number of benzene rings is 1. The van der Waals surface area contributed by atoms with Crippen LogP contribution in [0.3, 0.4) is 0 Å². The van der Waals surface area contributed by atoms with E-state index >= 15 is 0 Å².